The molecule has 0 spiro atoms. The number of aliphatic hydroxyl groups excluding tert-OH is 1. The molecule has 6 rings (SSSR count). The van der Waals surface area contributed by atoms with Crippen molar-refractivity contribution in [2.45, 2.75) is 112 Å². The normalized spacial score (nSPS) is 16.9. The zero-order chi connectivity index (χ0) is 35.0. The largest absolute Gasteiger partial charge is 0.512 e. The number of furan rings is 1. The number of carbonyl (C=O) groups is 1. The smallest absolute Gasteiger partial charge is 0.213 e. The molecule has 0 saturated carbocycles. The monoisotopic (exact) mass is 840 g/mol. The van der Waals surface area contributed by atoms with Crippen molar-refractivity contribution in [2.24, 2.45) is 10.8 Å². The van der Waals surface area contributed by atoms with Gasteiger partial charge in [-0.3, -0.25) is 9.78 Å². The summed E-state index contributed by atoms with van der Waals surface area (Å²) in [6, 6.07) is 14.3. The van der Waals surface area contributed by atoms with E-state index in [-0.39, 0.29) is 59.9 Å². The van der Waals surface area contributed by atoms with Gasteiger partial charge in [0.15, 0.2) is 17.6 Å². The van der Waals surface area contributed by atoms with E-state index in [1.165, 1.54) is 17.0 Å². The Labute approximate surface area is 305 Å². The van der Waals surface area contributed by atoms with Crippen LogP contribution in [0.3, 0.4) is 0 Å². The molecule has 2 aromatic heterocycles. The summed E-state index contributed by atoms with van der Waals surface area (Å²) < 4.78 is 12.2. The predicted molar refractivity (Wildman–Crippen MR) is 194 cm³/mol. The minimum absolute atomic E-state index is 0. The summed E-state index contributed by atoms with van der Waals surface area (Å²) in [5.41, 5.74) is 5.76. The number of allylic oxidation sites excluding steroid dienone is 2. The first-order chi connectivity index (χ1) is 22.7. The topological polar surface area (TPSA) is 85.5 Å². The number of aromatic nitrogens is 2. The number of rotatable bonds is 8. The standard InChI is InChI=1S/C27H23N2O2.C15H28O2.Ir/c1-15-13-30-24-18(15)9-10-20-22-23(28-14-29-26(22)31-25(20)24)17-11-16-7-5-6-8-19(16)21(12-17)27(2,3)4;1-7-14(5,8-2)12(16)11-13(17)15(6,9-3)10-4;/h5-10,12-14,20,25H,1-4H3;11,16H,7-10H2,1-6H3;/q-1;;/b;12-11-;. The Morgan fingerprint density at radius 3 is 2.27 bits per heavy atom. The van der Waals surface area contributed by atoms with Gasteiger partial charge in [-0.1, -0.05) is 104 Å². The van der Waals surface area contributed by atoms with Crippen LogP contribution in [0.25, 0.3) is 28.1 Å². The molecule has 1 aliphatic carbocycles. The van der Waals surface area contributed by atoms with Crippen LogP contribution in [0.4, 0.5) is 0 Å². The number of fused-ring (bicyclic) bond motifs is 6. The van der Waals surface area contributed by atoms with Gasteiger partial charge in [-0.2, -0.15) is 0 Å². The van der Waals surface area contributed by atoms with E-state index in [4.69, 9.17) is 14.1 Å². The molecular formula is C42H51IrN2O4-. The summed E-state index contributed by atoms with van der Waals surface area (Å²) in [6.45, 7) is 20.9. The Bertz CT molecular complexity index is 1870. The van der Waals surface area contributed by atoms with Crippen LogP contribution in [0, 0.1) is 23.8 Å². The number of hydrogen-bond acceptors (Lipinski definition) is 6. The van der Waals surface area contributed by atoms with Crippen LogP contribution >= 0.6 is 0 Å². The van der Waals surface area contributed by atoms with Gasteiger partial charge in [-0.25, -0.2) is 4.98 Å². The van der Waals surface area contributed by atoms with Gasteiger partial charge in [-0.05, 0) is 43.6 Å². The van der Waals surface area contributed by atoms with Crippen molar-refractivity contribution in [1.29, 1.82) is 0 Å². The van der Waals surface area contributed by atoms with Crippen LogP contribution in [0.2, 0.25) is 0 Å². The number of carbonyl (C=O) groups excluding carboxylic acids is 1. The molecule has 4 aromatic rings. The second-order valence-electron chi connectivity index (χ2n) is 14.9. The van der Waals surface area contributed by atoms with Crippen LogP contribution in [-0.2, 0) is 30.3 Å². The first-order valence-electron chi connectivity index (χ1n) is 17.4. The fraction of sp³-hybridized carbons (Fsp3) is 0.452. The molecule has 2 atom stereocenters. The number of aliphatic hydroxyl groups is 1. The van der Waals surface area contributed by atoms with Crippen molar-refractivity contribution < 1.29 is 39.2 Å². The quantitative estimate of drug-likeness (QED) is 0.108. The Kier molecular flexibility index (Phi) is 11.5. The van der Waals surface area contributed by atoms with Gasteiger partial charge in [0, 0.05) is 59.8 Å². The molecular weight excluding hydrogens is 789 g/mol. The number of ketones is 1. The molecule has 3 heterocycles. The minimum Gasteiger partial charge on any atom is -0.512 e. The molecule has 7 heteroatoms. The predicted octanol–water partition coefficient (Wildman–Crippen LogP) is 11.2. The Morgan fingerprint density at radius 1 is 0.980 bits per heavy atom. The SMILES string of the molecule is CCC(C)(CC)C(=O)/C=C(\O)C(C)(CC)CC.Cc1coc2c1C=CC1c3c(ncnc3-c3[c-]c4ccccc4c(C(C)(C)C)c3)OC21.[Ir]. The van der Waals surface area contributed by atoms with E-state index in [9.17, 15) is 9.90 Å². The van der Waals surface area contributed by atoms with Crippen molar-refractivity contribution in [3.63, 3.8) is 0 Å². The second-order valence-corrected chi connectivity index (χ2v) is 14.9. The number of hydrogen-bond donors (Lipinski definition) is 1. The van der Waals surface area contributed by atoms with Gasteiger partial charge >= 0.3 is 0 Å². The van der Waals surface area contributed by atoms with Crippen LogP contribution in [0.5, 0.6) is 5.88 Å². The molecule has 0 saturated heterocycles. The Morgan fingerprint density at radius 2 is 1.63 bits per heavy atom. The Balaban J connectivity index is 0.000000260. The zero-order valence-electron chi connectivity index (χ0n) is 30.7. The van der Waals surface area contributed by atoms with Crippen molar-refractivity contribution in [2.75, 3.05) is 0 Å². The molecule has 6 nitrogen and oxygen atoms in total. The van der Waals surface area contributed by atoms with Crippen LogP contribution in [0.15, 0.2) is 65.3 Å². The van der Waals surface area contributed by atoms with E-state index in [0.717, 1.165) is 64.8 Å². The summed E-state index contributed by atoms with van der Waals surface area (Å²) >= 11 is 0. The van der Waals surface area contributed by atoms with Crippen LogP contribution in [0.1, 0.15) is 128 Å². The maximum absolute atomic E-state index is 12.2. The van der Waals surface area contributed by atoms with Gasteiger partial charge in [-0.15, -0.1) is 29.1 Å². The number of aryl methyl sites for hydroxylation is 1. The molecule has 263 valence electrons. The molecule has 0 fully saturated rings. The molecule has 2 unspecified atom stereocenters. The molecule has 2 aliphatic rings. The van der Waals surface area contributed by atoms with Crippen LogP contribution in [-0.4, -0.2) is 20.9 Å². The summed E-state index contributed by atoms with van der Waals surface area (Å²) in [4.78, 5) is 21.4. The van der Waals surface area contributed by atoms with Crippen molar-refractivity contribution in [3.8, 4) is 17.1 Å². The zero-order valence-corrected chi connectivity index (χ0v) is 33.1. The molecule has 1 N–H and O–H groups in total. The minimum atomic E-state index is -0.337. The first-order valence-corrected chi connectivity index (χ1v) is 17.4. The van der Waals surface area contributed by atoms with Crippen molar-refractivity contribution in [1.82, 2.24) is 9.97 Å². The summed E-state index contributed by atoms with van der Waals surface area (Å²) in [5, 5.41) is 12.5. The summed E-state index contributed by atoms with van der Waals surface area (Å²) in [5.74, 6) is 1.80. The maximum Gasteiger partial charge on any atom is 0.213 e. The third-order valence-corrected chi connectivity index (χ3v) is 11.0. The number of nitrogens with zero attached hydrogens (tertiary/aromatic N) is 2. The van der Waals surface area contributed by atoms with E-state index in [1.54, 1.807) is 12.6 Å². The van der Waals surface area contributed by atoms with Gasteiger partial charge in [0.05, 0.1) is 6.26 Å². The molecule has 1 radical (unpaired) electrons. The fourth-order valence-corrected chi connectivity index (χ4v) is 6.52. The fourth-order valence-electron chi connectivity index (χ4n) is 6.52. The van der Waals surface area contributed by atoms with Crippen molar-refractivity contribution in [3.05, 3.63) is 94.9 Å². The second kappa shape index (κ2) is 14.7. The van der Waals surface area contributed by atoms with E-state index < -0.39 is 0 Å². The third kappa shape index (κ3) is 7.21. The van der Waals surface area contributed by atoms with Gasteiger partial charge < -0.3 is 14.3 Å². The number of benzene rings is 2. The van der Waals surface area contributed by atoms with E-state index >= 15 is 0 Å². The van der Waals surface area contributed by atoms with Crippen molar-refractivity contribution >= 4 is 22.6 Å². The number of ether oxygens (including phenoxy) is 1. The molecule has 0 bridgehead atoms. The molecule has 49 heavy (non-hydrogen) atoms. The van der Waals surface area contributed by atoms with Gasteiger partial charge in [0.1, 0.15) is 12.1 Å². The molecule has 1 aliphatic heterocycles. The van der Waals surface area contributed by atoms with E-state index in [2.05, 4.69) is 81.2 Å². The maximum atomic E-state index is 12.2. The average Bonchev–Trinajstić information content (AvgIpc) is 3.67. The first kappa shape index (κ1) is 38.3. The van der Waals surface area contributed by atoms with E-state index in [1.807, 2.05) is 41.5 Å². The van der Waals surface area contributed by atoms with Crippen LogP contribution < -0.4 is 4.74 Å². The Hall–Kier alpha value is -3.54. The molecule has 2 aromatic carbocycles. The summed E-state index contributed by atoms with van der Waals surface area (Å²) in [6.07, 6.45) is 12.3. The van der Waals surface area contributed by atoms with E-state index in [0.29, 0.717) is 5.88 Å². The summed E-state index contributed by atoms with van der Waals surface area (Å²) in [7, 11) is 0. The molecule has 0 amide bonds. The van der Waals surface area contributed by atoms with Gasteiger partial charge in [0.2, 0.25) is 5.88 Å². The average molecular weight is 840 g/mol. The third-order valence-electron chi connectivity index (χ3n) is 11.0. The van der Waals surface area contributed by atoms with Gasteiger partial charge in [0.25, 0.3) is 0 Å².